The van der Waals surface area contributed by atoms with Gasteiger partial charge in [0, 0.05) is 11.4 Å². The molecule has 0 amide bonds. The Balaban J connectivity index is 1.19. The number of ether oxygens (including phenoxy) is 4. The van der Waals surface area contributed by atoms with Crippen LogP contribution < -0.4 is 60.6 Å². The van der Waals surface area contributed by atoms with Crippen LogP contribution in [-0.4, -0.2) is 0 Å². The quantitative estimate of drug-likeness (QED) is 0.160. The van der Waals surface area contributed by atoms with Gasteiger partial charge in [0.1, 0.15) is 46.0 Å². The zero-order valence-corrected chi connectivity index (χ0v) is 32.5. The average Bonchev–Trinajstić information content (AvgIpc) is 3.21. The van der Waals surface area contributed by atoms with Crippen molar-refractivity contribution >= 4 is 112 Å². The number of hydrogen-bond donors (Lipinski definition) is 0. The number of hydrogen-bond acceptors (Lipinski definition) is 8. The molecule has 0 aromatic heterocycles. The van der Waals surface area contributed by atoms with E-state index in [4.69, 9.17) is 42.6 Å². The Morgan fingerprint density at radius 1 is 0.357 bits per heavy atom. The highest BCUT2D eigenvalue weighted by Crippen LogP contribution is 2.70. The van der Waals surface area contributed by atoms with E-state index in [0.717, 1.165) is 123 Å². The molecule has 8 aromatic carbocycles. The van der Waals surface area contributed by atoms with E-state index < -0.39 is 12.1 Å². The van der Waals surface area contributed by atoms with Gasteiger partial charge < -0.3 is 28.7 Å². The monoisotopic (exact) mass is 794 g/mol. The summed E-state index contributed by atoms with van der Waals surface area (Å²) in [5.41, 5.74) is 6.10. The zero-order chi connectivity index (χ0) is 36.7. The van der Waals surface area contributed by atoms with Crippen molar-refractivity contribution in [2.75, 3.05) is 9.80 Å². The van der Waals surface area contributed by atoms with Gasteiger partial charge in [-0.3, -0.25) is 0 Å². The predicted octanol–water partition coefficient (Wildman–Crippen LogP) is 10.3. The van der Waals surface area contributed by atoms with Crippen molar-refractivity contribution in [2.45, 2.75) is 0 Å². The van der Waals surface area contributed by atoms with Gasteiger partial charge in [0.15, 0.2) is 0 Å². The van der Waals surface area contributed by atoms with Crippen molar-refractivity contribution in [1.82, 2.24) is 0 Å². The molecule has 0 bridgehead atoms. The first-order valence-corrected chi connectivity index (χ1v) is 24.0. The standard InChI is InChI=1S/C46H24N2O4P2S2/c55-53-41-28-15-7-17-32(41)49-34-19-9-21-36(45(34)53)51-39-38-25(23-30(43(39)53)47(28)26-11-3-1-4-12-26)24-31-44-40(38)52-37-22-10-20-35-46(37)54(44,56)42-29(16-8-18-33(42)50-35)48(31)27-13-5-2-6-14-27/h1-24H. The van der Waals surface area contributed by atoms with Gasteiger partial charge in [0.05, 0.1) is 72.0 Å². The Kier molecular flexibility index (Phi) is 5.47. The Morgan fingerprint density at radius 2 is 0.732 bits per heavy atom. The molecule has 6 aliphatic heterocycles. The average molecular weight is 795 g/mol. The molecule has 0 saturated carbocycles. The molecular formula is C46H24N2O4P2S2. The van der Waals surface area contributed by atoms with E-state index in [1.807, 2.05) is 60.7 Å². The number of anilines is 6. The summed E-state index contributed by atoms with van der Waals surface area (Å²) >= 11 is 14.4. The third-order valence-corrected chi connectivity index (χ3v) is 21.6. The number of para-hydroxylation sites is 2. The van der Waals surface area contributed by atoms with Crippen molar-refractivity contribution in [3.63, 3.8) is 0 Å². The second-order valence-corrected chi connectivity index (χ2v) is 23.1. The SMILES string of the molecule is S=P12c3c4cccc3Oc3c1c(cc1cc5c6c(c31)Oc1cccc3c1P6(=S)c1c(cccc1N5c1ccccc1)O3)N(c1ccccc1)c1cccc(c12)O4. The molecule has 56 heavy (non-hydrogen) atoms. The van der Waals surface area contributed by atoms with E-state index in [-0.39, 0.29) is 0 Å². The van der Waals surface area contributed by atoms with Crippen LogP contribution in [0.2, 0.25) is 0 Å². The second kappa shape index (κ2) is 10.1. The number of rotatable bonds is 2. The number of fused-ring (bicyclic) bond motifs is 3. The van der Waals surface area contributed by atoms with Crippen LogP contribution in [0.1, 0.15) is 0 Å². The van der Waals surface area contributed by atoms with Crippen molar-refractivity contribution in [1.29, 1.82) is 0 Å². The van der Waals surface area contributed by atoms with Gasteiger partial charge in [-0.2, -0.15) is 0 Å². The van der Waals surface area contributed by atoms with Gasteiger partial charge in [-0.15, -0.1) is 0 Å². The molecule has 0 radical (unpaired) electrons. The summed E-state index contributed by atoms with van der Waals surface area (Å²) in [6.07, 6.45) is 0. The molecule has 2 atom stereocenters. The molecule has 10 heteroatoms. The summed E-state index contributed by atoms with van der Waals surface area (Å²) < 4.78 is 27.9. The Labute approximate surface area is 331 Å². The fourth-order valence-corrected chi connectivity index (χ4v) is 19.9. The molecule has 0 aliphatic carbocycles. The lowest BCUT2D eigenvalue weighted by Crippen LogP contribution is -2.43. The molecule has 6 aliphatic rings. The minimum Gasteiger partial charge on any atom is -0.456 e. The Hall–Kier alpha value is -5.88. The minimum absolute atomic E-state index is 0.723. The van der Waals surface area contributed by atoms with Crippen LogP contribution in [0.5, 0.6) is 46.0 Å². The topological polar surface area (TPSA) is 43.4 Å². The minimum atomic E-state index is -2.76. The largest absolute Gasteiger partial charge is 0.456 e. The summed E-state index contributed by atoms with van der Waals surface area (Å²) in [7, 11) is 0. The highest BCUT2D eigenvalue weighted by atomic mass is 32.4. The first-order chi connectivity index (χ1) is 27.5. The molecule has 14 rings (SSSR count). The zero-order valence-electron chi connectivity index (χ0n) is 29.1. The molecule has 8 aromatic rings. The summed E-state index contributed by atoms with van der Waals surface area (Å²) in [6, 6.07) is 44.7. The highest BCUT2D eigenvalue weighted by Gasteiger charge is 2.54. The van der Waals surface area contributed by atoms with Gasteiger partial charge in [-0.05, 0) is 90.3 Å². The summed E-state index contributed by atoms with van der Waals surface area (Å²) in [6.45, 7) is 0. The molecule has 2 unspecified atom stereocenters. The van der Waals surface area contributed by atoms with Crippen molar-refractivity contribution < 1.29 is 18.9 Å². The first kappa shape index (κ1) is 30.4. The van der Waals surface area contributed by atoms with E-state index in [1.165, 1.54) is 0 Å². The Morgan fingerprint density at radius 3 is 1.16 bits per heavy atom. The van der Waals surface area contributed by atoms with Crippen LogP contribution in [0.3, 0.4) is 0 Å². The lowest BCUT2D eigenvalue weighted by Gasteiger charge is -2.47. The van der Waals surface area contributed by atoms with Crippen LogP contribution in [0.4, 0.5) is 34.1 Å². The third-order valence-electron chi connectivity index (χ3n) is 11.9. The van der Waals surface area contributed by atoms with Crippen LogP contribution >= 0.6 is 12.1 Å². The molecule has 264 valence electrons. The molecule has 0 saturated heterocycles. The van der Waals surface area contributed by atoms with E-state index in [2.05, 4.69) is 94.7 Å². The molecule has 6 nitrogen and oxygen atoms in total. The van der Waals surface area contributed by atoms with E-state index >= 15 is 0 Å². The van der Waals surface area contributed by atoms with E-state index in [0.29, 0.717) is 0 Å². The van der Waals surface area contributed by atoms with Crippen molar-refractivity contribution in [3.8, 4) is 46.0 Å². The smallest absolute Gasteiger partial charge is 0.150 e. The third kappa shape index (κ3) is 3.37. The summed E-state index contributed by atoms with van der Waals surface area (Å²) in [4.78, 5) is 4.66. The highest BCUT2D eigenvalue weighted by molar-refractivity contribution is 8.26. The molecule has 6 heterocycles. The summed E-state index contributed by atoms with van der Waals surface area (Å²) in [5.74, 6) is 6.00. The fraction of sp³-hybridized carbons (Fsp3) is 0. The van der Waals surface area contributed by atoms with Gasteiger partial charge in [-0.25, -0.2) is 0 Å². The number of nitrogens with zero attached hydrogens (tertiary/aromatic N) is 2. The van der Waals surface area contributed by atoms with Crippen molar-refractivity contribution in [3.05, 3.63) is 146 Å². The molecule has 0 spiro atoms. The summed E-state index contributed by atoms with van der Waals surface area (Å²) in [5, 5.41) is 7.87. The fourth-order valence-electron chi connectivity index (χ4n) is 9.83. The maximum Gasteiger partial charge on any atom is 0.150 e. The maximum absolute atomic E-state index is 7.26. The van der Waals surface area contributed by atoms with Crippen LogP contribution in [0.25, 0.3) is 10.8 Å². The number of benzene rings is 8. The first-order valence-electron chi connectivity index (χ1n) is 18.4. The van der Waals surface area contributed by atoms with Crippen LogP contribution in [0.15, 0.2) is 146 Å². The maximum atomic E-state index is 7.26. The van der Waals surface area contributed by atoms with Crippen LogP contribution in [0, 0.1) is 0 Å². The lowest BCUT2D eigenvalue weighted by atomic mass is 10.0. The van der Waals surface area contributed by atoms with Gasteiger partial charge in [-0.1, -0.05) is 84.3 Å². The second-order valence-electron chi connectivity index (χ2n) is 14.7. The van der Waals surface area contributed by atoms with Crippen molar-refractivity contribution in [2.24, 2.45) is 0 Å². The molecular weight excluding hydrogens is 771 g/mol. The van der Waals surface area contributed by atoms with Gasteiger partial charge in [0.25, 0.3) is 0 Å². The molecule has 0 fully saturated rings. The normalized spacial score (nSPS) is 19.9. The van der Waals surface area contributed by atoms with Crippen LogP contribution in [-0.2, 0) is 23.6 Å². The molecule has 0 N–H and O–H groups in total. The van der Waals surface area contributed by atoms with E-state index in [9.17, 15) is 0 Å². The lowest BCUT2D eigenvalue weighted by molar-refractivity contribution is 0.461. The predicted molar refractivity (Wildman–Crippen MR) is 233 cm³/mol. The van der Waals surface area contributed by atoms with E-state index in [1.54, 1.807) is 0 Å². The van der Waals surface area contributed by atoms with Gasteiger partial charge >= 0.3 is 0 Å². The Bertz CT molecular complexity index is 3090. The van der Waals surface area contributed by atoms with Gasteiger partial charge in [0.2, 0.25) is 0 Å².